The van der Waals surface area contributed by atoms with Crippen molar-refractivity contribution in [3.05, 3.63) is 0 Å². The Morgan fingerprint density at radius 1 is 1.12 bits per heavy atom. The molecule has 7 heteroatoms. The Balaban J connectivity index is -0.0000000267. The number of hydrogen-bond donors (Lipinski definition) is 3. The molecule has 0 aromatic rings. The van der Waals surface area contributed by atoms with E-state index in [1.807, 2.05) is 0 Å². The van der Waals surface area contributed by atoms with Crippen molar-refractivity contribution in [3.8, 4) is 0 Å². The molecule has 0 aliphatic carbocycles. The average molecular weight is 178 g/mol. The second kappa shape index (κ2) is 8.23. The molecule has 0 bridgehead atoms. The Labute approximate surface area is 70.6 Å². The van der Waals surface area contributed by atoms with E-state index < -0.39 is 7.82 Å². The molecule has 0 spiro atoms. The molecule has 0 aliphatic rings. The minimum atomic E-state index is -4.64. The molecule has 0 unspecified atom stereocenters. The molecule has 0 radical (unpaired) electrons. The molecular formula is CH8FeLiO4P. The van der Waals surface area contributed by atoms with Crippen LogP contribution < -0.4 is 0 Å². The zero-order valence-electron chi connectivity index (χ0n) is 2.55. The van der Waals surface area contributed by atoms with Crippen LogP contribution in [0.2, 0.25) is 0 Å². The van der Waals surface area contributed by atoms with Gasteiger partial charge in [-0.3, -0.25) is 0 Å². The van der Waals surface area contributed by atoms with Crippen molar-refractivity contribution < 1.29 is 36.3 Å². The summed E-state index contributed by atoms with van der Waals surface area (Å²) in [7, 11) is -4.64. The van der Waals surface area contributed by atoms with Crippen LogP contribution in [0.25, 0.3) is 0 Å². The molecule has 0 fully saturated rings. The van der Waals surface area contributed by atoms with E-state index in [9.17, 15) is 0 Å². The molecule has 0 saturated heterocycles. The van der Waals surface area contributed by atoms with Crippen molar-refractivity contribution in [2.24, 2.45) is 0 Å². The molecule has 0 aromatic heterocycles. The first-order valence-corrected chi connectivity index (χ1v) is 2.35. The normalized spacial score (nSPS) is 7.38. The summed E-state index contributed by atoms with van der Waals surface area (Å²) in [5, 5.41) is 0. The molecular weight excluding hydrogens is 170 g/mol. The molecule has 8 heavy (non-hydrogen) atoms. The minimum absolute atomic E-state index is 0. The predicted molar refractivity (Wildman–Crippen MR) is 28.1 cm³/mol. The van der Waals surface area contributed by atoms with Crippen LogP contribution in [0.5, 0.6) is 0 Å². The molecule has 50 valence electrons. The summed E-state index contributed by atoms with van der Waals surface area (Å²) < 4.78 is 8.88. The molecule has 4 nitrogen and oxygen atoms in total. The Hall–Kier alpha value is 1.23. The molecule has 0 amide bonds. The van der Waals surface area contributed by atoms with Gasteiger partial charge in [0.25, 0.3) is 0 Å². The first kappa shape index (κ1) is 22.9. The van der Waals surface area contributed by atoms with E-state index in [1.54, 1.807) is 0 Å². The van der Waals surface area contributed by atoms with Gasteiger partial charge in [-0.2, -0.15) is 0 Å². The Morgan fingerprint density at radius 2 is 1.12 bits per heavy atom. The van der Waals surface area contributed by atoms with Gasteiger partial charge in [-0.25, -0.2) is 4.57 Å². The van der Waals surface area contributed by atoms with Gasteiger partial charge in [0.15, 0.2) is 0 Å². The average Bonchev–Trinajstić information content (AvgIpc) is 0.722. The van der Waals surface area contributed by atoms with Gasteiger partial charge in [0, 0.05) is 17.1 Å². The third-order valence-corrected chi connectivity index (χ3v) is 0. The predicted octanol–water partition coefficient (Wildman–Crippen LogP) is -0.944. The summed E-state index contributed by atoms with van der Waals surface area (Å²) in [4.78, 5) is 21.6. The van der Waals surface area contributed by atoms with Crippen molar-refractivity contribution in [1.82, 2.24) is 0 Å². The van der Waals surface area contributed by atoms with E-state index in [0.717, 1.165) is 0 Å². The first-order valence-electron chi connectivity index (χ1n) is 0.783. The van der Waals surface area contributed by atoms with Gasteiger partial charge in [-0.1, -0.05) is 7.43 Å². The zero-order valence-corrected chi connectivity index (χ0v) is 4.55. The van der Waals surface area contributed by atoms with Gasteiger partial charge < -0.3 is 14.7 Å². The summed E-state index contributed by atoms with van der Waals surface area (Å²) >= 11 is 0. The van der Waals surface area contributed by atoms with E-state index in [-0.39, 0.29) is 43.4 Å². The van der Waals surface area contributed by atoms with Gasteiger partial charge in [0.1, 0.15) is 0 Å². The van der Waals surface area contributed by atoms with Crippen LogP contribution in [0.4, 0.5) is 0 Å². The zero-order chi connectivity index (χ0) is 4.50. The van der Waals surface area contributed by atoms with E-state index in [0.29, 0.717) is 0 Å². The first-order chi connectivity index (χ1) is 2.00. The third kappa shape index (κ3) is 186. The fourth-order valence-electron chi connectivity index (χ4n) is 0. The fraction of sp³-hybridized carbons (Fsp3) is 1.00. The van der Waals surface area contributed by atoms with Crippen molar-refractivity contribution >= 4 is 26.7 Å². The van der Waals surface area contributed by atoms with Gasteiger partial charge in [-0.15, -0.1) is 0 Å². The Bertz CT molecular complexity index is 62.2. The molecule has 3 N–H and O–H groups in total. The van der Waals surface area contributed by atoms with Crippen molar-refractivity contribution in [2.45, 2.75) is 7.43 Å². The van der Waals surface area contributed by atoms with E-state index >= 15 is 0 Å². The maximum absolute atomic E-state index is 8.88. The van der Waals surface area contributed by atoms with Gasteiger partial charge in [-0.05, 0) is 0 Å². The van der Waals surface area contributed by atoms with Crippen LogP contribution in [0, 0.1) is 0 Å². The summed E-state index contributed by atoms with van der Waals surface area (Å²) in [5.41, 5.74) is 0. The van der Waals surface area contributed by atoms with Crippen LogP contribution in [0.15, 0.2) is 0 Å². The van der Waals surface area contributed by atoms with E-state index in [4.69, 9.17) is 19.2 Å². The second-order valence-electron chi connectivity index (χ2n) is 0.513. The standard InChI is InChI=1S/CH4.Fe.Li.H3O4P.H/c;;;1-5(2,3)4;/h1H4;;;(H3,1,2,3,4);. The van der Waals surface area contributed by atoms with Crippen LogP contribution in [-0.4, -0.2) is 33.5 Å². The van der Waals surface area contributed by atoms with E-state index in [2.05, 4.69) is 0 Å². The fourth-order valence-corrected chi connectivity index (χ4v) is 0. The van der Waals surface area contributed by atoms with Gasteiger partial charge >= 0.3 is 26.7 Å². The molecule has 0 saturated carbocycles. The van der Waals surface area contributed by atoms with Crippen LogP contribution in [-0.2, 0) is 21.6 Å². The Morgan fingerprint density at radius 3 is 1.12 bits per heavy atom. The van der Waals surface area contributed by atoms with Crippen molar-refractivity contribution in [3.63, 3.8) is 0 Å². The SMILES string of the molecule is C.O=P(O)(O)O.[Fe].[LiH]. The molecule has 0 atom stereocenters. The molecule has 0 aromatic carbocycles. The third-order valence-electron chi connectivity index (χ3n) is 0. The van der Waals surface area contributed by atoms with Crippen LogP contribution in [0.3, 0.4) is 0 Å². The summed E-state index contributed by atoms with van der Waals surface area (Å²) in [5.74, 6) is 0. The molecule has 0 rings (SSSR count). The maximum atomic E-state index is 8.88. The second-order valence-corrected chi connectivity index (χ2v) is 1.54. The van der Waals surface area contributed by atoms with E-state index in [1.165, 1.54) is 0 Å². The van der Waals surface area contributed by atoms with Crippen molar-refractivity contribution in [2.75, 3.05) is 0 Å². The topological polar surface area (TPSA) is 77.8 Å². The van der Waals surface area contributed by atoms with Crippen LogP contribution >= 0.6 is 7.82 Å². The molecule has 0 aliphatic heterocycles. The Kier molecular flexibility index (Phi) is 23.5. The van der Waals surface area contributed by atoms with Crippen LogP contribution in [0.1, 0.15) is 7.43 Å². The monoisotopic (exact) mass is 178 g/mol. The number of hydrogen-bond acceptors (Lipinski definition) is 1. The number of rotatable bonds is 0. The summed E-state index contributed by atoms with van der Waals surface area (Å²) in [6, 6.07) is 0. The molecule has 0 heterocycles. The van der Waals surface area contributed by atoms with Gasteiger partial charge in [0.05, 0.1) is 0 Å². The van der Waals surface area contributed by atoms with Crippen molar-refractivity contribution in [1.29, 1.82) is 0 Å². The summed E-state index contributed by atoms with van der Waals surface area (Å²) in [6.45, 7) is 0. The van der Waals surface area contributed by atoms with Gasteiger partial charge in [0.2, 0.25) is 0 Å². The summed E-state index contributed by atoms with van der Waals surface area (Å²) in [6.07, 6.45) is 0. The number of phosphoric acid groups is 1. The quantitative estimate of drug-likeness (QED) is 0.330.